The van der Waals surface area contributed by atoms with Gasteiger partial charge < -0.3 is 9.64 Å². The van der Waals surface area contributed by atoms with Crippen molar-refractivity contribution in [2.24, 2.45) is 0 Å². The Hall–Kier alpha value is -0.620. The van der Waals surface area contributed by atoms with Crippen LogP contribution in [0.15, 0.2) is 18.2 Å². The average molecular weight is 373 g/mol. The molecule has 0 radical (unpaired) electrons. The van der Waals surface area contributed by atoms with Crippen LogP contribution in [0.2, 0.25) is 0 Å². The first kappa shape index (κ1) is 14.8. The van der Waals surface area contributed by atoms with E-state index in [1.54, 1.807) is 0 Å². The van der Waals surface area contributed by atoms with Crippen molar-refractivity contribution < 1.29 is 9.53 Å². The average Bonchev–Trinajstić information content (AvgIpc) is 2.54. The van der Waals surface area contributed by atoms with Gasteiger partial charge in [0.05, 0.1) is 0 Å². The SMILES string of the molecule is CCOCCCN1C(=O)CCCc2cc(I)ccc21. The Labute approximate surface area is 128 Å². The third-order valence-electron chi connectivity index (χ3n) is 3.34. The van der Waals surface area contributed by atoms with Gasteiger partial charge in [-0.25, -0.2) is 0 Å². The molecule has 0 saturated heterocycles. The number of fused-ring (bicyclic) bond motifs is 1. The molecule has 1 amide bonds. The molecule has 1 aliphatic heterocycles. The second-order valence-corrected chi connectivity index (χ2v) is 5.97. The minimum atomic E-state index is 0.247. The van der Waals surface area contributed by atoms with Gasteiger partial charge in [0, 0.05) is 35.4 Å². The number of nitrogens with zero attached hydrogens (tertiary/aromatic N) is 1. The van der Waals surface area contributed by atoms with Gasteiger partial charge in [-0.1, -0.05) is 0 Å². The van der Waals surface area contributed by atoms with E-state index in [2.05, 4.69) is 40.8 Å². The zero-order valence-electron chi connectivity index (χ0n) is 11.3. The zero-order valence-corrected chi connectivity index (χ0v) is 13.5. The van der Waals surface area contributed by atoms with E-state index in [0.29, 0.717) is 6.42 Å². The van der Waals surface area contributed by atoms with Crippen LogP contribution < -0.4 is 4.90 Å². The lowest BCUT2D eigenvalue weighted by Gasteiger charge is -2.23. The van der Waals surface area contributed by atoms with Crippen molar-refractivity contribution in [3.63, 3.8) is 0 Å². The maximum Gasteiger partial charge on any atom is 0.226 e. The van der Waals surface area contributed by atoms with Gasteiger partial charge in [0.2, 0.25) is 5.91 Å². The topological polar surface area (TPSA) is 29.5 Å². The molecule has 19 heavy (non-hydrogen) atoms. The summed E-state index contributed by atoms with van der Waals surface area (Å²) in [7, 11) is 0. The Morgan fingerprint density at radius 3 is 3.00 bits per heavy atom. The molecule has 1 aromatic rings. The standard InChI is InChI=1S/C15H20INO2/c1-2-19-10-4-9-17-14-8-7-13(16)11-12(14)5-3-6-15(17)18/h7-8,11H,2-6,9-10H2,1H3. The first-order valence-electron chi connectivity index (χ1n) is 6.89. The van der Waals surface area contributed by atoms with E-state index >= 15 is 0 Å². The van der Waals surface area contributed by atoms with E-state index in [9.17, 15) is 4.79 Å². The van der Waals surface area contributed by atoms with Crippen LogP contribution in [-0.4, -0.2) is 25.7 Å². The number of hydrogen-bond donors (Lipinski definition) is 0. The highest BCUT2D eigenvalue weighted by atomic mass is 127. The van der Waals surface area contributed by atoms with Crippen LogP contribution in [0.25, 0.3) is 0 Å². The Balaban J connectivity index is 2.13. The molecule has 0 unspecified atom stereocenters. The summed E-state index contributed by atoms with van der Waals surface area (Å²) in [4.78, 5) is 14.2. The first-order chi connectivity index (χ1) is 9.22. The summed E-state index contributed by atoms with van der Waals surface area (Å²) >= 11 is 2.33. The molecule has 1 aromatic carbocycles. The monoisotopic (exact) mass is 373 g/mol. The number of carbonyl (C=O) groups is 1. The normalized spacial score (nSPS) is 15.3. The molecule has 0 bridgehead atoms. The van der Waals surface area contributed by atoms with Crippen molar-refractivity contribution in [1.29, 1.82) is 0 Å². The molecule has 0 N–H and O–H groups in total. The predicted octanol–water partition coefficient (Wildman–Crippen LogP) is 3.39. The maximum atomic E-state index is 12.2. The highest BCUT2D eigenvalue weighted by Gasteiger charge is 2.21. The number of carbonyl (C=O) groups excluding carboxylic acids is 1. The van der Waals surface area contributed by atoms with Gasteiger partial charge in [0.1, 0.15) is 0 Å². The third kappa shape index (κ3) is 3.92. The molecule has 1 heterocycles. The minimum Gasteiger partial charge on any atom is -0.382 e. The van der Waals surface area contributed by atoms with Gasteiger partial charge >= 0.3 is 0 Å². The van der Waals surface area contributed by atoms with Gasteiger partial charge in [0.25, 0.3) is 0 Å². The Morgan fingerprint density at radius 2 is 2.21 bits per heavy atom. The van der Waals surface area contributed by atoms with Crippen LogP contribution in [0.4, 0.5) is 5.69 Å². The number of ether oxygens (including phenoxy) is 1. The molecule has 0 aromatic heterocycles. The molecule has 4 heteroatoms. The Kier molecular flexibility index (Phi) is 5.63. The summed E-state index contributed by atoms with van der Waals surface area (Å²) in [5.74, 6) is 0.247. The number of amides is 1. The van der Waals surface area contributed by atoms with Crippen LogP contribution in [0.1, 0.15) is 31.7 Å². The van der Waals surface area contributed by atoms with Crippen molar-refractivity contribution >= 4 is 34.2 Å². The van der Waals surface area contributed by atoms with Gasteiger partial charge in [-0.05, 0) is 72.5 Å². The third-order valence-corrected chi connectivity index (χ3v) is 4.02. The lowest BCUT2D eigenvalue weighted by molar-refractivity contribution is -0.118. The number of benzene rings is 1. The molecule has 3 nitrogen and oxygen atoms in total. The summed E-state index contributed by atoms with van der Waals surface area (Å²) in [6.07, 6.45) is 3.50. The van der Waals surface area contributed by atoms with Crippen LogP contribution in [-0.2, 0) is 16.0 Å². The highest BCUT2D eigenvalue weighted by Crippen LogP contribution is 2.28. The van der Waals surface area contributed by atoms with E-state index in [1.165, 1.54) is 9.13 Å². The molecule has 2 rings (SSSR count). The Bertz CT molecular complexity index is 448. The van der Waals surface area contributed by atoms with Crippen molar-refractivity contribution in [2.75, 3.05) is 24.7 Å². The van der Waals surface area contributed by atoms with Crippen LogP contribution in [0, 0.1) is 3.57 Å². The fraction of sp³-hybridized carbons (Fsp3) is 0.533. The second-order valence-electron chi connectivity index (χ2n) is 4.72. The van der Waals surface area contributed by atoms with Crippen LogP contribution in [0.3, 0.4) is 0 Å². The summed E-state index contributed by atoms with van der Waals surface area (Å²) in [6, 6.07) is 6.36. The van der Waals surface area contributed by atoms with Gasteiger partial charge in [0.15, 0.2) is 0 Å². The number of anilines is 1. The van der Waals surface area contributed by atoms with E-state index in [4.69, 9.17) is 4.74 Å². The fourth-order valence-corrected chi connectivity index (χ4v) is 2.99. The number of aryl methyl sites for hydroxylation is 1. The summed E-state index contributed by atoms with van der Waals surface area (Å²) in [5.41, 5.74) is 2.40. The fourth-order valence-electron chi connectivity index (χ4n) is 2.43. The predicted molar refractivity (Wildman–Crippen MR) is 85.6 cm³/mol. The number of hydrogen-bond acceptors (Lipinski definition) is 2. The molecule has 0 fully saturated rings. The number of halogens is 1. The zero-order chi connectivity index (χ0) is 13.7. The Morgan fingerprint density at radius 1 is 1.37 bits per heavy atom. The molecule has 104 valence electrons. The first-order valence-corrected chi connectivity index (χ1v) is 7.96. The van der Waals surface area contributed by atoms with Crippen molar-refractivity contribution in [2.45, 2.75) is 32.6 Å². The van der Waals surface area contributed by atoms with E-state index in [1.807, 2.05) is 11.8 Å². The lowest BCUT2D eigenvalue weighted by Crippen LogP contribution is -2.31. The van der Waals surface area contributed by atoms with Crippen LogP contribution in [0.5, 0.6) is 0 Å². The highest BCUT2D eigenvalue weighted by molar-refractivity contribution is 14.1. The lowest BCUT2D eigenvalue weighted by atomic mass is 10.1. The van der Waals surface area contributed by atoms with Gasteiger partial charge in [-0.3, -0.25) is 4.79 Å². The molecule has 0 saturated carbocycles. The largest absolute Gasteiger partial charge is 0.382 e. The van der Waals surface area contributed by atoms with Gasteiger partial charge in [-0.2, -0.15) is 0 Å². The molecule has 0 aliphatic carbocycles. The van der Waals surface area contributed by atoms with Crippen LogP contribution >= 0.6 is 22.6 Å². The number of rotatable bonds is 5. The molecule has 0 spiro atoms. The summed E-state index contributed by atoms with van der Waals surface area (Å²) in [6.45, 7) is 4.21. The quantitative estimate of drug-likeness (QED) is 0.585. The molecular weight excluding hydrogens is 353 g/mol. The van der Waals surface area contributed by atoms with Crippen molar-refractivity contribution in [1.82, 2.24) is 0 Å². The van der Waals surface area contributed by atoms with Gasteiger partial charge in [-0.15, -0.1) is 0 Å². The minimum absolute atomic E-state index is 0.247. The maximum absolute atomic E-state index is 12.2. The summed E-state index contributed by atoms with van der Waals surface area (Å²) < 4.78 is 6.60. The second kappa shape index (κ2) is 7.24. The smallest absolute Gasteiger partial charge is 0.226 e. The van der Waals surface area contributed by atoms with E-state index in [0.717, 1.165) is 44.7 Å². The van der Waals surface area contributed by atoms with E-state index < -0.39 is 0 Å². The molecule has 0 atom stereocenters. The molecule has 1 aliphatic rings. The summed E-state index contributed by atoms with van der Waals surface area (Å²) in [5, 5.41) is 0. The van der Waals surface area contributed by atoms with Crippen molar-refractivity contribution in [3.05, 3.63) is 27.3 Å². The van der Waals surface area contributed by atoms with E-state index in [-0.39, 0.29) is 5.91 Å². The van der Waals surface area contributed by atoms with Crippen molar-refractivity contribution in [3.8, 4) is 0 Å². The molecular formula is C15H20INO2.